The van der Waals surface area contributed by atoms with Gasteiger partial charge in [0.25, 0.3) is 0 Å². The summed E-state index contributed by atoms with van der Waals surface area (Å²) in [6.45, 7) is 7.40. The Morgan fingerprint density at radius 2 is 2.28 bits per heavy atom. The van der Waals surface area contributed by atoms with Gasteiger partial charge in [-0.1, -0.05) is 6.92 Å². The Bertz CT molecular complexity index is 423. The molecule has 100 valence electrons. The minimum atomic E-state index is -0.807. The first-order valence-corrected chi connectivity index (χ1v) is 7.46. The van der Waals surface area contributed by atoms with Crippen LogP contribution in [0.5, 0.6) is 0 Å². The minimum Gasteiger partial charge on any atom is -0.477 e. The summed E-state index contributed by atoms with van der Waals surface area (Å²) in [6, 6.07) is 1.85. The maximum absolute atomic E-state index is 11.0. The average Bonchev–Trinajstić information content (AvgIpc) is 3.03. The van der Waals surface area contributed by atoms with Crippen LogP contribution in [0.1, 0.15) is 46.3 Å². The molecule has 1 fully saturated rings. The molecule has 1 aromatic heterocycles. The van der Waals surface area contributed by atoms with Crippen LogP contribution in [-0.4, -0.2) is 29.1 Å². The van der Waals surface area contributed by atoms with Crippen molar-refractivity contribution >= 4 is 17.3 Å². The van der Waals surface area contributed by atoms with Crippen molar-refractivity contribution in [3.05, 3.63) is 21.4 Å². The molecule has 1 saturated carbocycles. The van der Waals surface area contributed by atoms with E-state index in [1.54, 1.807) is 0 Å². The summed E-state index contributed by atoms with van der Waals surface area (Å²) in [4.78, 5) is 15.0. The lowest BCUT2D eigenvalue weighted by atomic mass is 10.2. The molecule has 1 N–H and O–H groups in total. The highest BCUT2D eigenvalue weighted by atomic mass is 32.1. The van der Waals surface area contributed by atoms with Gasteiger partial charge < -0.3 is 5.11 Å². The number of aryl methyl sites for hydroxylation is 1. The Balaban J connectivity index is 2.02. The average molecular weight is 267 g/mol. The van der Waals surface area contributed by atoms with Crippen LogP contribution in [-0.2, 0) is 6.54 Å². The van der Waals surface area contributed by atoms with E-state index in [2.05, 4.69) is 11.8 Å². The lowest BCUT2D eigenvalue weighted by Crippen LogP contribution is -2.26. The summed E-state index contributed by atoms with van der Waals surface area (Å²) in [7, 11) is 0. The third-order valence-electron chi connectivity index (χ3n) is 3.38. The van der Waals surface area contributed by atoms with Crippen molar-refractivity contribution in [1.29, 1.82) is 0 Å². The molecule has 0 aromatic carbocycles. The molecule has 0 aliphatic heterocycles. The van der Waals surface area contributed by atoms with Gasteiger partial charge in [0.15, 0.2) is 0 Å². The smallest absolute Gasteiger partial charge is 0.345 e. The van der Waals surface area contributed by atoms with Gasteiger partial charge in [-0.3, -0.25) is 4.90 Å². The van der Waals surface area contributed by atoms with Gasteiger partial charge in [0.1, 0.15) is 4.88 Å². The third-order valence-corrected chi connectivity index (χ3v) is 4.46. The van der Waals surface area contributed by atoms with E-state index >= 15 is 0 Å². The van der Waals surface area contributed by atoms with Gasteiger partial charge in [0.05, 0.1) is 0 Å². The summed E-state index contributed by atoms with van der Waals surface area (Å²) >= 11 is 1.39. The molecular weight excluding hydrogens is 246 g/mol. The molecule has 1 heterocycles. The first-order valence-electron chi connectivity index (χ1n) is 6.65. The van der Waals surface area contributed by atoms with Crippen LogP contribution >= 0.6 is 11.3 Å². The zero-order chi connectivity index (χ0) is 13.1. The molecule has 1 aliphatic rings. The van der Waals surface area contributed by atoms with E-state index in [-0.39, 0.29) is 0 Å². The second-order valence-corrected chi connectivity index (χ2v) is 6.43. The number of nitrogens with zero attached hydrogens (tertiary/aromatic N) is 1. The van der Waals surface area contributed by atoms with Crippen LogP contribution in [0.2, 0.25) is 0 Å². The molecule has 0 spiro atoms. The summed E-state index contributed by atoms with van der Waals surface area (Å²) in [5.41, 5.74) is 1.19. The van der Waals surface area contributed by atoms with Crippen molar-refractivity contribution in [3.8, 4) is 0 Å². The monoisotopic (exact) mass is 267 g/mol. The highest BCUT2D eigenvalue weighted by Gasteiger charge is 2.24. The van der Waals surface area contributed by atoms with Gasteiger partial charge in [0.2, 0.25) is 0 Å². The SMILES string of the molecule is CCCN(Cc1cc(C(=O)O)sc1C)CC1CC1. The minimum absolute atomic E-state index is 0.463. The highest BCUT2D eigenvalue weighted by Crippen LogP contribution is 2.31. The fourth-order valence-electron chi connectivity index (χ4n) is 2.24. The second-order valence-electron chi connectivity index (χ2n) is 5.18. The fourth-order valence-corrected chi connectivity index (χ4v) is 3.11. The Morgan fingerprint density at radius 1 is 1.56 bits per heavy atom. The quantitative estimate of drug-likeness (QED) is 0.823. The molecule has 1 aromatic rings. The second kappa shape index (κ2) is 5.85. The molecule has 0 bridgehead atoms. The first-order chi connectivity index (χ1) is 8.60. The molecule has 0 unspecified atom stereocenters. The maximum atomic E-state index is 11.0. The molecule has 0 saturated heterocycles. The Morgan fingerprint density at radius 3 is 2.78 bits per heavy atom. The number of hydrogen-bond acceptors (Lipinski definition) is 3. The van der Waals surface area contributed by atoms with Gasteiger partial charge >= 0.3 is 5.97 Å². The van der Waals surface area contributed by atoms with E-state index < -0.39 is 5.97 Å². The number of thiophene rings is 1. The highest BCUT2D eigenvalue weighted by molar-refractivity contribution is 7.14. The molecule has 4 heteroatoms. The maximum Gasteiger partial charge on any atom is 0.345 e. The van der Waals surface area contributed by atoms with Crippen LogP contribution in [0, 0.1) is 12.8 Å². The van der Waals surface area contributed by atoms with Gasteiger partial charge in [0, 0.05) is 18.0 Å². The third kappa shape index (κ3) is 3.56. The molecule has 1 aliphatic carbocycles. The summed E-state index contributed by atoms with van der Waals surface area (Å²) in [6.07, 6.45) is 3.88. The predicted molar refractivity (Wildman–Crippen MR) is 74.3 cm³/mol. The van der Waals surface area contributed by atoms with Crippen molar-refractivity contribution in [3.63, 3.8) is 0 Å². The lowest BCUT2D eigenvalue weighted by molar-refractivity contribution is 0.0702. The van der Waals surface area contributed by atoms with Crippen LogP contribution in [0.15, 0.2) is 6.07 Å². The van der Waals surface area contributed by atoms with Crippen LogP contribution in [0.4, 0.5) is 0 Å². The standard InChI is InChI=1S/C14H21NO2S/c1-3-6-15(8-11-4-5-11)9-12-7-13(14(16)17)18-10(12)2/h7,11H,3-6,8-9H2,1-2H3,(H,16,17). The van der Waals surface area contributed by atoms with Gasteiger partial charge in [-0.25, -0.2) is 4.79 Å². The number of aromatic carboxylic acids is 1. The molecule has 2 rings (SSSR count). The molecular formula is C14H21NO2S. The van der Waals surface area contributed by atoms with Crippen LogP contribution < -0.4 is 0 Å². The summed E-state index contributed by atoms with van der Waals surface area (Å²) in [5, 5.41) is 9.01. The number of carboxylic acids is 1. The fraction of sp³-hybridized carbons (Fsp3) is 0.643. The summed E-state index contributed by atoms with van der Waals surface area (Å²) in [5.74, 6) is 0.0769. The number of rotatable bonds is 7. The first kappa shape index (κ1) is 13.6. The van der Waals surface area contributed by atoms with E-state index in [1.807, 2.05) is 13.0 Å². The summed E-state index contributed by atoms with van der Waals surface area (Å²) < 4.78 is 0. The van der Waals surface area contributed by atoms with Crippen molar-refractivity contribution < 1.29 is 9.90 Å². The van der Waals surface area contributed by atoms with Gasteiger partial charge in [-0.2, -0.15) is 0 Å². The topological polar surface area (TPSA) is 40.5 Å². The van der Waals surface area contributed by atoms with E-state index in [9.17, 15) is 4.79 Å². The Kier molecular flexibility index (Phi) is 4.40. The number of hydrogen-bond donors (Lipinski definition) is 1. The van der Waals surface area contributed by atoms with E-state index in [1.165, 1.54) is 36.3 Å². The zero-order valence-electron chi connectivity index (χ0n) is 11.1. The van der Waals surface area contributed by atoms with Gasteiger partial charge in [-0.05, 0) is 50.3 Å². The van der Waals surface area contributed by atoms with Crippen molar-refractivity contribution in [2.75, 3.05) is 13.1 Å². The predicted octanol–water partition coefficient (Wildman–Crippen LogP) is 3.38. The zero-order valence-corrected chi connectivity index (χ0v) is 11.9. The molecule has 3 nitrogen and oxygen atoms in total. The van der Waals surface area contributed by atoms with Crippen molar-refractivity contribution in [2.24, 2.45) is 5.92 Å². The molecule has 18 heavy (non-hydrogen) atoms. The lowest BCUT2D eigenvalue weighted by Gasteiger charge is -2.21. The van der Waals surface area contributed by atoms with E-state index in [0.29, 0.717) is 4.88 Å². The Labute approximate surface area is 112 Å². The van der Waals surface area contributed by atoms with Gasteiger partial charge in [-0.15, -0.1) is 11.3 Å². The van der Waals surface area contributed by atoms with Crippen molar-refractivity contribution in [2.45, 2.75) is 39.7 Å². The molecule has 0 radical (unpaired) electrons. The van der Waals surface area contributed by atoms with Crippen LogP contribution in [0.3, 0.4) is 0 Å². The number of carbonyl (C=O) groups is 1. The van der Waals surface area contributed by atoms with Crippen molar-refractivity contribution in [1.82, 2.24) is 4.90 Å². The largest absolute Gasteiger partial charge is 0.477 e. The molecule has 0 atom stereocenters. The van der Waals surface area contributed by atoms with E-state index in [0.717, 1.165) is 30.3 Å². The molecule has 0 amide bonds. The normalized spacial score (nSPS) is 15.3. The van der Waals surface area contributed by atoms with Crippen LogP contribution in [0.25, 0.3) is 0 Å². The Hall–Kier alpha value is -0.870. The number of carboxylic acid groups (broad SMARTS) is 1. The van der Waals surface area contributed by atoms with E-state index in [4.69, 9.17) is 5.11 Å².